The molecule has 2 aromatic rings. The Labute approximate surface area is 193 Å². The van der Waals surface area contributed by atoms with Gasteiger partial charge in [-0.2, -0.15) is 26.3 Å². The molecule has 0 fully saturated rings. The van der Waals surface area contributed by atoms with Crippen molar-refractivity contribution in [3.63, 3.8) is 0 Å². The molecule has 4 nitrogen and oxygen atoms in total. The molecule has 0 saturated heterocycles. The molecule has 0 aliphatic rings. The number of rotatable bonds is 7. The maximum atomic E-state index is 14.2. The van der Waals surface area contributed by atoms with Gasteiger partial charge in [0.1, 0.15) is 11.5 Å². The summed E-state index contributed by atoms with van der Waals surface area (Å²) in [7, 11) is 0. The highest BCUT2D eigenvalue weighted by molar-refractivity contribution is 5.83. The van der Waals surface area contributed by atoms with Gasteiger partial charge >= 0.3 is 18.3 Å². The monoisotopic (exact) mass is 490 g/mol. The summed E-state index contributed by atoms with van der Waals surface area (Å²) in [5, 5.41) is 0. The van der Waals surface area contributed by atoms with Crippen molar-refractivity contribution in [2.45, 2.75) is 57.4 Å². The Bertz CT molecular complexity index is 973. The Kier molecular flexibility index (Phi) is 7.77. The number of carbonyl (C=O) groups is 1. The number of benzene rings is 2. The van der Waals surface area contributed by atoms with Gasteiger partial charge in [0.15, 0.2) is 6.29 Å². The van der Waals surface area contributed by atoms with E-state index in [9.17, 15) is 31.1 Å². The van der Waals surface area contributed by atoms with Gasteiger partial charge in [-0.15, -0.1) is 0 Å². The minimum atomic E-state index is -5.75. The van der Waals surface area contributed by atoms with E-state index in [1.807, 2.05) is 0 Å². The van der Waals surface area contributed by atoms with Gasteiger partial charge in [-0.1, -0.05) is 30.8 Å². The molecular weight excluding hydrogens is 466 g/mol. The number of alkyl halides is 6. The van der Waals surface area contributed by atoms with Gasteiger partial charge in [0.2, 0.25) is 5.41 Å². The maximum Gasteiger partial charge on any atom is 0.411 e. The number of hydrogen-bond acceptors (Lipinski definition) is 4. The second-order valence-corrected chi connectivity index (χ2v) is 8.34. The van der Waals surface area contributed by atoms with Gasteiger partial charge in [0.25, 0.3) is 0 Å². The molecule has 0 aromatic heterocycles. The third-order valence-corrected chi connectivity index (χ3v) is 4.63. The van der Waals surface area contributed by atoms with Crippen molar-refractivity contribution < 1.29 is 45.3 Å². The largest absolute Gasteiger partial charge is 0.465 e. The molecule has 2 rings (SSSR count). The van der Waals surface area contributed by atoms with Crippen LogP contribution in [0.1, 0.15) is 38.8 Å². The average Bonchev–Trinajstić information content (AvgIpc) is 2.67. The predicted molar refractivity (Wildman–Crippen MR) is 113 cm³/mol. The van der Waals surface area contributed by atoms with Crippen molar-refractivity contribution in [2.75, 3.05) is 0 Å². The molecule has 0 radical (unpaired) electrons. The lowest BCUT2D eigenvalue weighted by atomic mass is 9.73. The molecule has 1 atom stereocenters. The Morgan fingerprint density at radius 2 is 1.24 bits per heavy atom. The summed E-state index contributed by atoms with van der Waals surface area (Å²) in [5.41, 5.74) is -7.07. The van der Waals surface area contributed by atoms with Crippen LogP contribution in [-0.4, -0.2) is 30.2 Å². The van der Waals surface area contributed by atoms with Crippen molar-refractivity contribution in [2.24, 2.45) is 0 Å². The fraction of sp³-hybridized carbons (Fsp3) is 0.375. The molecule has 0 heterocycles. The lowest BCUT2D eigenvalue weighted by Gasteiger charge is -2.38. The zero-order valence-electron chi connectivity index (χ0n) is 18.9. The summed E-state index contributed by atoms with van der Waals surface area (Å²) in [6.45, 7) is 10.0. The van der Waals surface area contributed by atoms with Crippen molar-refractivity contribution >= 4 is 5.97 Å². The van der Waals surface area contributed by atoms with E-state index < -0.39 is 46.8 Å². The van der Waals surface area contributed by atoms with Crippen LogP contribution in [-0.2, 0) is 14.9 Å². The molecule has 0 bridgehead atoms. The lowest BCUT2D eigenvalue weighted by molar-refractivity contribution is -0.288. The molecule has 10 heteroatoms. The zero-order chi connectivity index (χ0) is 25.9. The van der Waals surface area contributed by atoms with Crippen LogP contribution < -0.4 is 9.47 Å². The van der Waals surface area contributed by atoms with Gasteiger partial charge in [-0.25, -0.2) is 4.79 Å². The third-order valence-electron chi connectivity index (χ3n) is 4.63. The van der Waals surface area contributed by atoms with E-state index in [2.05, 4.69) is 6.58 Å². The van der Waals surface area contributed by atoms with Crippen LogP contribution in [0.5, 0.6) is 11.5 Å². The normalized spacial score (nSPS) is 13.8. The van der Waals surface area contributed by atoms with E-state index in [4.69, 9.17) is 14.2 Å². The highest BCUT2D eigenvalue weighted by Gasteiger charge is 2.72. The Hall–Kier alpha value is -3.01. The molecule has 0 spiro atoms. The smallest absolute Gasteiger partial charge is 0.411 e. The lowest BCUT2D eigenvalue weighted by Crippen LogP contribution is -2.54. The first-order chi connectivity index (χ1) is 15.5. The number of carbonyl (C=O) groups excluding carboxylic acids is 1. The zero-order valence-corrected chi connectivity index (χ0v) is 18.9. The molecule has 0 N–H and O–H groups in total. The van der Waals surface area contributed by atoms with Crippen LogP contribution >= 0.6 is 0 Å². The molecule has 0 amide bonds. The highest BCUT2D eigenvalue weighted by atomic mass is 19.4. The van der Waals surface area contributed by atoms with Crippen LogP contribution in [0.4, 0.5) is 26.3 Å². The molecular formula is C24H24F6O4. The Balaban J connectivity index is 2.54. The fourth-order valence-electron chi connectivity index (χ4n) is 3.41. The fourth-order valence-corrected chi connectivity index (χ4v) is 3.41. The summed E-state index contributed by atoms with van der Waals surface area (Å²) >= 11 is 0. The van der Waals surface area contributed by atoms with E-state index >= 15 is 0 Å². The van der Waals surface area contributed by atoms with Crippen LogP contribution in [0.15, 0.2) is 61.2 Å². The third kappa shape index (κ3) is 5.91. The second kappa shape index (κ2) is 9.69. The predicted octanol–water partition coefficient (Wildman–Crippen LogP) is 6.73. The first kappa shape index (κ1) is 27.2. The minimum Gasteiger partial charge on any atom is -0.465 e. The van der Waals surface area contributed by atoms with Gasteiger partial charge in [0.05, 0.1) is 5.60 Å². The number of ether oxygens (including phenoxy) is 3. The molecule has 34 heavy (non-hydrogen) atoms. The molecule has 0 aliphatic heterocycles. The summed E-state index contributed by atoms with van der Waals surface area (Å²) in [6.07, 6.45) is -11.5. The Morgan fingerprint density at radius 1 is 0.824 bits per heavy atom. The molecule has 1 unspecified atom stereocenters. The van der Waals surface area contributed by atoms with Crippen molar-refractivity contribution in [1.29, 1.82) is 0 Å². The summed E-state index contributed by atoms with van der Waals surface area (Å²) in [5.74, 6) is -1.11. The first-order valence-corrected chi connectivity index (χ1v) is 10.0. The van der Waals surface area contributed by atoms with Crippen molar-refractivity contribution in [1.82, 2.24) is 0 Å². The molecule has 0 saturated carbocycles. The topological polar surface area (TPSA) is 44.8 Å². The number of esters is 1. The van der Waals surface area contributed by atoms with Gasteiger partial charge in [-0.3, -0.25) is 0 Å². The second-order valence-electron chi connectivity index (χ2n) is 8.34. The van der Waals surface area contributed by atoms with Crippen LogP contribution in [0, 0.1) is 0 Å². The summed E-state index contributed by atoms with van der Waals surface area (Å²) < 4.78 is 101. The van der Waals surface area contributed by atoms with E-state index in [-0.39, 0.29) is 11.5 Å². The quantitative estimate of drug-likeness (QED) is 0.142. The van der Waals surface area contributed by atoms with Crippen LogP contribution in [0.2, 0.25) is 0 Å². The van der Waals surface area contributed by atoms with Gasteiger partial charge in [0, 0.05) is 6.08 Å². The van der Waals surface area contributed by atoms with E-state index in [0.29, 0.717) is 24.3 Å². The number of hydrogen-bond donors (Lipinski definition) is 0. The number of halogens is 6. The average molecular weight is 490 g/mol. The van der Waals surface area contributed by atoms with Crippen molar-refractivity contribution in [3.8, 4) is 11.5 Å². The van der Waals surface area contributed by atoms with Crippen LogP contribution in [0.25, 0.3) is 0 Å². The van der Waals surface area contributed by atoms with Crippen molar-refractivity contribution in [3.05, 3.63) is 72.3 Å². The van der Waals surface area contributed by atoms with Gasteiger partial charge in [-0.05, 0) is 63.1 Å². The minimum absolute atomic E-state index is 0.0328. The summed E-state index contributed by atoms with van der Waals surface area (Å²) in [4.78, 5) is 11.3. The summed E-state index contributed by atoms with van der Waals surface area (Å²) in [6, 6.07) is 6.41. The SMILES string of the molecule is C=CC(=O)Oc1ccc(C(c2ccc(OC(C)OC(C)(C)C)cc2)(C(F)(F)F)C(F)(F)F)cc1. The maximum absolute atomic E-state index is 14.2. The van der Waals surface area contributed by atoms with E-state index in [1.54, 1.807) is 27.7 Å². The standard InChI is InChI=1S/C24H24F6O4/c1-6-20(31)33-19-13-9-17(10-14-19)22(23(25,26)27,24(28,29)30)16-7-11-18(12-8-16)32-15(2)34-21(3,4)5/h6-15H,1H2,2-5H3. The first-order valence-electron chi connectivity index (χ1n) is 10.0. The van der Waals surface area contributed by atoms with Gasteiger partial charge < -0.3 is 14.2 Å². The highest BCUT2D eigenvalue weighted by Crippen LogP contribution is 2.56. The van der Waals surface area contributed by atoms with Crippen LogP contribution in [0.3, 0.4) is 0 Å². The molecule has 2 aromatic carbocycles. The molecule has 0 aliphatic carbocycles. The Morgan fingerprint density at radius 3 is 1.59 bits per heavy atom. The van der Waals surface area contributed by atoms with E-state index in [0.717, 1.165) is 30.3 Å². The van der Waals surface area contributed by atoms with E-state index in [1.165, 1.54) is 0 Å². The molecule has 186 valence electrons.